The second-order valence-corrected chi connectivity index (χ2v) is 5.87. The molecule has 0 saturated heterocycles. The molecule has 0 unspecified atom stereocenters. The van der Waals surface area contributed by atoms with E-state index >= 15 is 0 Å². The summed E-state index contributed by atoms with van der Waals surface area (Å²) in [7, 11) is 0. The Morgan fingerprint density at radius 2 is 1.88 bits per heavy atom. The van der Waals surface area contributed by atoms with Gasteiger partial charge in [0, 0.05) is 6.54 Å². The highest BCUT2D eigenvalue weighted by Gasteiger charge is 2.18. The third-order valence-corrected chi connectivity index (χ3v) is 3.64. The number of hydrogen-bond acceptors (Lipinski definition) is 3. The summed E-state index contributed by atoms with van der Waals surface area (Å²) in [6.07, 6.45) is 0.162. The first-order chi connectivity index (χ1) is 12.0. The molecule has 0 spiro atoms. The minimum Gasteiger partial charge on any atom is -0.481 e. The minimum atomic E-state index is -0.687. The maximum atomic E-state index is 12.4. The molecule has 0 radical (unpaired) electrons. The number of ether oxygens (including phenoxy) is 1. The van der Waals surface area contributed by atoms with E-state index in [2.05, 4.69) is 10.6 Å². The summed E-state index contributed by atoms with van der Waals surface area (Å²) < 4.78 is 5.68. The number of nitrogens with one attached hydrogen (secondary N) is 2. The van der Waals surface area contributed by atoms with Gasteiger partial charge in [0.25, 0.3) is 11.8 Å². The molecule has 0 aliphatic carbocycles. The Labute approximate surface area is 148 Å². The third kappa shape index (κ3) is 5.35. The molecule has 25 heavy (non-hydrogen) atoms. The zero-order valence-corrected chi connectivity index (χ0v) is 14.8. The summed E-state index contributed by atoms with van der Waals surface area (Å²) in [4.78, 5) is 24.6. The van der Waals surface area contributed by atoms with Gasteiger partial charge < -0.3 is 15.4 Å². The molecule has 1 atom stereocenters. The molecule has 0 bridgehead atoms. The third-order valence-electron chi connectivity index (χ3n) is 3.64. The lowest BCUT2D eigenvalue weighted by atomic mass is 10.1. The van der Waals surface area contributed by atoms with Crippen LogP contribution in [0.1, 0.15) is 36.2 Å². The van der Waals surface area contributed by atoms with Gasteiger partial charge in [-0.2, -0.15) is 0 Å². The summed E-state index contributed by atoms with van der Waals surface area (Å²) >= 11 is 0. The van der Waals surface area contributed by atoms with Crippen molar-refractivity contribution in [1.29, 1.82) is 0 Å². The molecule has 0 saturated carbocycles. The van der Waals surface area contributed by atoms with Gasteiger partial charge in [0.05, 0.1) is 11.3 Å². The van der Waals surface area contributed by atoms with Crippen LogP contribution in [0, 0.1) is 6.92 Å². The van der Waals surface area contributed by atoms with E-state index in [0.717, 1.165) is 12.0 Å². The number of rotatable bonds is 7. The maximum Gasteiger partial charge on any atom is 0.265 e. The van der Waals surface area contributed by atoms with Gasteiger partial charge in [-0.15, -0.1) is 0 Å². The standard InChI is InChI=1S/C20H24N2O3/c1-4-12-21-20(24)17-10-5-6-11-18(17)22-19(23)15(3)25-16-9-7-8-14(2)13-16/h5-11,13,15H,4,12H2,1-3H3,(H,21,24)(H,22,23)/t15-/m0/s1. The highest BCUT2D eigenvalue weighted by molar-refractivity contribution is 6.04. The highest BCUT2D eigenvalue weighted by Crippen LogP contribution is 2.18. The highest BCUT2D eigenvalue weighted by atomic mass is 16.5. The number of para-hydroxylation sites is 1. The quantitative estimate of drug-likeness (QED) is 0.810. The van der Waals surface area contributed by atoms with Gasteiger partial charge in [0.15, 0.2) is 6.10 Å². The van der Waals surface area contributed by atoms with Crippen LogP contribution in [0.15, 0.2) is 48.5 Å². The lowest BCUT2D eigenvalue weighted by Gasteiger charge is -2.16. The fourth-order valence-corrected chi connectivity index (χ4v) is 2.30. The lowest BCUT2D eigenvalue weighted by molar-refractivity contribution is -0.122. The Bertz CT molecular complexity index is 743. The minimum absolute atomic E-state index is 0.204. The summed E-state index contributed by atoms with van der Waals surface area (Å²) in [5, 5.41) is 5.59. The van der Waals surface area contributed by atoms with E-state index in [1.54, 1.807) is 31.2 Å². The van der Waals surface area contributed by atoms with Crippen molar-refractivity contribution in [3.05, 3.63) is 59.7 Å². The Hall–Kier alpha value is -2.82. The molecule has 5 nitrogen and oxygen atoms in total. The molecule has 0 fully saturated rings. The van der Waals surface area contributed by atoms with Crippen molar-refractivity contribution in [2.24, 2.45) is 0 Å². The van der Waals surface area contributed by atoms with Crippen molar-refractivity contribution < 1.29 is 14.3 Å². The van der Waals surface area contributed by atoms with E-state index in [1.165, 1.54) is 0 Å². The van der Waals surface area contributed by atoms with E-state index in [4.69, 9.17) is 4.74 Å². The zero-order valence-electron chi connectivity index (χ0n) is 14.8. The van der Waals surface area contributed by atoms with Crippen LogP contribution in [0.5, 0.6) is 5.75 Å². The summed E-state index contributed by atoms with van der Waals surface area (Å²) in [6.45, 7) is 6.21. The monoisotopic (exact) mass is 340 g/mol. The first-order valence-corrected chi connectivity index (χ1v) is 8.42. The van der Waals surface area contributed by atoms with E-state index in [1.807, 2.05) is 38.1 Å². The molecule has 0 aliphatic heterocycles. The second kappa shape index (κ2) is 8.87. The number of benzene rings is 2. The van der Waals surface area contributed by atoms with Gasteiger partial charge in [0.2, 0.25) is 0 Å². The van der Waals surface area contributed by atoms with Crippen molar-refractivity contribution in [2.45, 2.75) is 33.3 Å². The molecular weight excluding hydrogens is 316 g/mol. The van der Waals surface area contributed by atoms with Gasteiger partial charge >= 0.3 is 0 Å². The first kappa shape index (κ1) is 18.5. The first-order valence-electron chi connectivity index (χ1n) is 8.42. The van der Waals surface area contributed by atoms with Crippen LogP contribution in [-0.4, -0.2) is 24.5 Å². The van der Waals surface area contributed by atoms with Crippen molar-refractivity contribution in [3.8, 4) is 5.75 Å². The summed E-state index contributed by atoms with van der Waals surface area (Å²) in [5.74, 6) is 0.124. The molecule has 2 amide bonds. The number of anilines is 1. The van der Waals surface area contributed by atoms with Crippen molar-refractivity contribution in [3.63, 3.8) is 0 Å². The Morgan fingerprint density at radius 3 is 2.60 bits per heavy atom. The van der Waals surface area contributed by atoms with Crippen LogP contribution in [0.3, 0.4) is 0 Å². The Balaban J connectivity index is 2.05. The predicted molar refractivity (Wildman–Crippen MR) is 99.0 cm³/mol. The fraction of sp³-hybridized carbons (Fsp3) is 0.300. The average Bonchev–Trinajstić information content (AvgIpc) is 2.60. The zero-order chi connectivity index (χ0) is 18.2. The van der Waals surface area contributed by atoms with E-state index < -0.39 is 6.10 Å². The molecular formula is C20H24N2O3. The fourth-order valence-electron chi connectivity index (χ4n) is 2.30. The number of aryl methyl sites for hydroxylation is 1. The van der Waals surface area contributed by atoms with Gasteiger partial charge in [-0.1, -0.05) is 31.2 Å². The molecule has 2 aromatic rings. The smallest absolute Gasteiger partial charge is 0.265 e. The predicted octanol–water partition coefficient (Wildman–Crippen LogP) is 3.54. The van der Waals surface area contributed by atoms with Crippen molar-refractivity contribution in [2.75, 3.05) is 11.9 Å². The normalized spacial score (nSPS) is 11.5. The SMILES string of the molecule is CCCNC(=O)c1ccccc1NC(=O)[C@H](C)Oc1cccc(C)c1. The largest absolute Gasteiger partial charge is 0.481 e. The Kier molecular flexibility index (Phi) is 6.57. The maximum absolute atomic E-state index is 12.4. The molecule has 2 rings (SSSR count). The van der Waals surface area contributed by atoms with Crippen LogP contribution < -0.4 is 15.4 Å². The van der Waals surface area contributed by atoms with Crippen molar-refractivity contribution in [1.82, 2.24) is 5.32 Å². The summed E-state index contributed by atoms with van der Waals surface area (Å²) in [5.41, 5.74) is 1.97. The molecule has 2 aromatic carbocycles. The Morgan fingerprint density at radius 1 is 1.12 bits per heavy atom. The number of carbonyl (C=O) groups excluding carboxylic acids is 2. The lowest BCUT2D eigenvalue weighted by Crippen LogP contribution is -2.32. The topological polar surface area (TPSA) is 67.4 Å². The summed E-state index contributed by atoms with van der Waals surface area (Å²) in [6, 6.07) is 14.5. The molecule has 2 N–H and O–H groups in total. The van der Waals surface area contributed by atoms with Crippen LogP contribution in [-0.2, 0) is 4.79 Å². The number of hydrogen-bond donors (Lipinski definition) is 2. The van der Waals surface area contributed by atoms with E-state index in [-0.39, 0.29) is 11.8 Å². The van der Waals surface area contributed by atoms with Crippen LogP contribution in [0.25, 0.3) is 0 Å². The molecule has 5 heteroatoms. The molecule has 0 aliphatic rings. The number of amides is 2. The van der Waals surface area contributed by atoms with Crippen LogP contribution in [0.2, 0.25) is 0 Å². The van der Waals surface area contributed by atoms with E-state index in [0.29, 0.717) is 23.5 Å². The van der Waals surface area contributed by atoms with Gasteiger partial charge in [0.1, 0.15) is 5.75 Å². The van der Waals surface area contributed by atoms with Crippen molar-refractivity contribution >= 4 is 17.5 Å². The van der Waals surface area contributed by atoms with E-state index in [9.17, 15) is 9.59 Å². The van der Waals surface area contributed by atoms with Gasteiger partial charge in [-0.25, -0.2) is 0 Å². The van der Waals surface area contributed by atoms with Crippen LogP contribution in [0.4, 0.5) is 5.69 Å². The van der Waals surface area contributed by atoms with Crippen LogP contribution >= 0.6 is 0 Å². The molecule has 132 valence electrons. The molecule has 0 heterocycles. The van der Waals surface area contributed by atoms with Gasteiger partial charge in [-0.05, 0) is 50.1 Å². The van der Waals surface area contributed by atoms with Gasteiger partial charge in [-0.3, -0.25) is 9.59 Å². The number of carbonyl (C=O) groups is 2. The second-order valence-electron chi connectivity index (χ2n) is 5.87. The average molecular weight is 340 g/mol. The molecule has 0 aromatic heterocycles.